The Balaban J connectivity index is 2.55. The summed E-state index contributed by atoms with van der Waals surface area (Å²) in [5.74, 6) is -0.508. The number of halogens is 1. The zero-order valence-electron chi connectivity index (χ0n) is 10.9. The van der Waals surface area contributed by atoms with Crippen molar-refractivity contribution >= 4 is 35.3 Å². The number of benzene rings is 1. The lowest BCUT2D eigenvalue weighted by Gasteiger charge is -2.12. The molecule has 0 saturated carbocycles. The van der Waals surface area contributed by atoms with Gasteiger partial charge in [0.25, 0.3) is 11.9 Å². The van der Waals surface area contributed by atoms with Crippen molar-refractivity contribution in [2.45, 2.75) is 13.0 Å². The molecule has 20 heavy (non-hydrogen) atoms. The fourth-order valence-electron chi connectivity index (χ4n) is 1.14. The van der Waals surface area contributed by atoms with Crippen LogP contribution in [0.5, 0.6) is 0 Å². The Hall–Kier alpha value is -2.28. The van der Waals surface area contributed by atoms with Crippen LogP contribution in [0.4, 0.5) is 10.5 Å². The normalized spacial score (nSPS) is 12.4. The van der Waals surface area contributed by atoms with Crippen molar-refractivity contribution in [2.24, 2.45) is 10.7 Å². The molecule has 1 aromatic rings. The van der Waals surface area contributed by atoms with Crippen molar-refractivity contribution in [3.8, 4) is 0 Å². The molecule has 1 atom stereocenters. The molecule has 0 aliphatic carbocycles. The molecule has 0 aromatic heterocycles. The number of nitrogens with zero attached hydrogens (tertiary/aromatic N) is 1. The second-order valence-corrected chi connectivity index (χ2v) is 4.11. The highest BCUT2D eigenvalue weighted by Gasteiger charge is 2.18. The highest BCUT2D eigenvalue weighted by molar-refractivity contribution is 6.30. The van der Waals surface area contributed by atoms with Crippen LogP contribution in [0.15, 0.2) is 29.3 Å². The van der Waals surface area contributed by atoms with Gasteiger partial charge in [0.15, 0.2) is 6.10 Å². The topological polar surface area (TPSA) is 103 Å². The maximum atomic E-state index is 11.8. The van der Waals surface area contributed by atoms with Gasteiger partial charge in [-0.2, -0.15) is 0 Å². The van der Waals surface area contributed by atoms with Gasteiger partial charge in [-0.15, -0.1) is 4.99 Å². The van der Waals surface area contributed by atoms with E-state index in [2.05, 4.69) is 15.0 Å². The molecule has 108 valence electrons. The largest absolute Gasteiger partial charge is 0.468 e. The van der Waals surface area contributed by atoms with Gasteiger partial charge in [0.05, 0.1) is 7.11 Å². The summed E-state index contributed by atoms with van der Waals surface area (Å²) in [6.45, 7) is 1.40. The Bertz CT molecular complexity index is 516. The van der Waals surface area contributed by atoms with Gasteiger partial charge in [-0.05, 0) is 31.2 Å². The molecule has 1 aromatic carbocycles. The molecular weight excluding hydrogens is 286 g/mol. The number of hydrogen-bond donors (Lipinski definition) is 2. The monoisotopic (exact) mass is 299 g/mol. The van der Waals surface area contributed by atoms with E-state index in [-0.39, 0.29) is 6.02 Å². The van der Waals surface area contributed by atoms with E-state index < -0.39 is 18.1 Å². The second-order valence-electron chi connectivity index (χ2n) is 3.68. The predicted octanol–water partition coefficient (Wildman–Crippen LogP) is 1.76. The smallest absolute Gasteiger partial charge is 0.438 e. The number of amides is 2. The summed E-state index contributed by atoms with van der Waals surface area (Å²) in [4.78, 5) is 26.3. The van der Waals surface area contributed by atoms with Gasteiger partial charge in [0.2, 0.25) is 0 Å². The van der Waals surface area contributed by atoms with Crippen molar-refractivity contribution in [2.75, 3.05) is 12.4 Å². The Morgan fingerprint density at radius 3 is 2.50 bits per heavy atom. The highest BCUT2D eigenvalue weighted by Crippen LogP contribution is 2.13. The number of hydrogen-bond acceptors (Lipinski definition) is 4. The molecule has 0 radical (unpaired) electrons. The van der Waals surface area contributed by atoms with Gasteiger partial charge in [-0.1, -0.05) is 11.6 Å². The number of nitrogens with one attached hydrogen (secondary N) is 1. The van der Waals surface area contributed by atoms with Gasteiger partial charge < -0.3 is 20.5 Å². The van der Waals surface area contributed by atoms with E-state index in [9.17, 15) is 9.59 Å². The maximum absolute atomic E-state index is 11.8. The minimum absolute atomic E-state index is 0.347. The number of carbonyl (C=O) groups excluding carboxylic acids is 2. The lowest BCUT2D eigenvalue weighted by molar-refractivity contribution is -0.123. The fourth-order valence-corrected chi connectivity index (χ4v) is 1.27. The quantitative estimate of drug-likeness (QED) is 0.654. The summed E-state index contributed by atoms with van der Waals surface area (Å²) in [5, 5.41) is 3.10. The van der Waals surface area contributed by atoms with Gasteiger partial charge in [-0.25, -0.2) is 4.79 Å². The van der Waals surface area contributed by atoms with E-state index in [1.807, 2.05) is 0 Å². The first-order chi connectivity index (χ1) is 9.42. The molecule has 3 N–H and O–H groups in total. The standard InChI is InChI=1S/C12H14ClN3O4/c1-7(20-12(18)16-11(14)19-2)10(17)15-9-5-3-8(13)4-6-9/h3-7H,1-2H3,(H,15,17)(H2,14,16,18). The molecule has 1 rings (SSSR count). The average Bonchev–Trinajstić information content (AvgIpc) is 2.40. The van der Waals surface area contributed by atoms with Crippen LogP contribution in [0.25, 0.3) is 0 Å². The first kappa shape index (κ1) is 15.8. The van der Waals surface area contributed by atoms with Crippen LogP contribution in [0.3, 0.4) is 0 Å². The van der Waals surface area contributed by atoms with E-state index >= 15 is 0 Å². The molecule has 2 amide bonds. The zero-order chi connectivity index (χ0) is 15.1. The number of ether oxygens (including phenoxy) is 2. The van der Waals surface area contributed by atoms with Crippen molar-refractivity contribution < 1.29 is 19.1 Å². The van der Waals surface area contributed by atoms with Gasteiger partial charge >= 0.3 is 6.09 Å². The maximum Gasteiger partial charge on any atom is 0.438 e. The number of carbonyl (C=O) groups is 2. The average molecular weight is 300 g/mol. The van der Waals surface area contributed by atoms with E-state index in [0.717, 1.165) is 0 Å². The number of nitrogens with two attached hydrogens (primary N) is 1. The summed E-state index contributed by atoms with van der Waals surface area (Å²) < 4.78 is 9.24. The van der Waals surface area contributed by atoms with Gasteiger partial charge in [-0.3, -0.25) is 4.79 Å². The van der Waals surface area contributed by atoms with Gasteiger partial charge in [0, 0.05) is 10.7 Å². The Morgan fingerprint density at radius 1 is 1.35 bits per heavy atom. The van der Waals surface area contributed by atoms with Crippen LogP contribution in [-0.4, -0.2) is 31.2 Å². The molecule has 0 heterocycles. The van der Waals surface area contributed by atoms with Crippen LogP contribution in [0, 0.1) is 0 Å². The van der Waals surface area contributed by atoms with E-state index in [0.29, 0.717) is 10.7 Å². The zero-order valence-corrected chi connectivity index (χ0v) is 11.7. The van der Waals surface area contributed by atoms with E-state index in [1.54, 1.807) is 24.3 Å². The number of anilines is 1. The highest BCUT2D eigenvalue weighted by atomic mass is 35.5. The third kappa shape index (κ3) is 5.15. The minimum atomic E-state index is -1.04. The number of amidine groups is 1. The summed E-state index contributed by atoms with van der Waals surface area (Å²) in [6.07, 6.45) is -2.05. The summed E-state index contributed by atoms with van der Waals surface area (Å²) in [5.41, 5.74) is 5.71. The summed E-state index contributed by atoms with van der Waals surface area (Å²) in [6, 6.07) is 6.14. The van der Waals surface area contributed by atoms with Crippen molar-refractivity contribution in [1.82, 2.24) is 0 Å². The Labute approximate surface area is 120 Å². The fraction of sp³-hybridized carbons (Fsp3) is 0.250. The van der Waals surface area contributed by atoms with Crippen LogP contribution in [0.1, 0.15) is 6.92 Å². The molecule has 7 nitrogen and oxygen atoms in total. The molecule has 0 aliphatic heterocycles. The van der Waals surface area contributed by atoms with Crippen LogP contribution < -0.4 is 11.1 Å². The number of aliphatic imine (C=N–C) groups is 1. The van der Waals surface area contributed by atoms with Crippen molar-refractivity contribution in [3.63, 3.8) is 0 Å². The summed E-state index contributed by atoms with van der Waals surface area (Å²) >= 11 is 5.72. The first-order valence-corrected chi connectivity index (χ1v) is 5.95. The molecular formula is C12H14ClN3O4. The molecule has 1 unspecified atom stereocenters. The first-order valence-electron chi connectivity index (χ1n) is 5.57. The molecule has 0 aliphatic rings. The van der Waals surface area contributed by atoms with Crippen LogP contribution in [0.2, 0.25) is 5.02 Å². The molecule has 0 spiro atoms. The molecule has 0 saturated heterocycles. The van der Waals surface area contributed by atoms with E-state index in [4.69, 9.17) is 22.1 Å². The number of methoxy groups -OCH3 is 1. The summed E-state index contributed by atoms with van der Waals surface area (Å²) in [7, 11) is 1.25. The van der Waals surface area contributed by atoms with Crippen molar-refractivity contribution in [3.05, 3.63) is 29.3 Å². The molecule has 0 fully saturated rings. The third-order valence-corrected chi connectivity index (χ3v) is 2.42. The lowest BCUT2D eigenvalue weighted by atomic mass is 10.3. The minimum Gasteiger partial charge on any atom is -0.468 e. The molecule has 0 bridgehead atoms. The van der Waals surface area contributed by atoms with Crippen LogP contribution >= 0.6 is 11.6 Å². The Morgan fingerprint density at radius 2 is 1.95 bits per heavy atom. The number of rotatable bonds is 3. The van der Waals surface area contributed by atoms with Crippen molar-refractivity contribution in [1.29, 1.82) is 0 Å². The third-order valence-electron chi connectivity index (χ3n) is 2.17. The lowest BCUT2D eigenvalue weighted by Crippen LogP contribution is -2.29. The second kappa shape index (κ2) is 7.34. The SMILES string of the molecule is COC(N)=NC(=O)OC(C)C(=O)Nc1ccc(Cl)cc1. The van der Waals surface area contributed by atoms with Crippen LogP contribution in [-0.2, 0) is 14.3 Å². The molecule has 8 heteroatoms. The predicted molar refractivity (Wildman–Crippen MR) is 74.7 cm³/mol. The Kier molecular flexibility index (Phi) is 5.79. The van der Waals surface area contributed by atoms with E-state index in [1.165, 1.54) is 14.0 Å². The van der Waals surface area contributed by atoms with Gasteiger partial charge in [0.1, 0.15) is 0 Å².